The highest BCUT2D eigenvalue weighted by Gasteiger charge is 2.74. The summed E-state index contributed by atoms with van der Waals surface area (Å²) in [6, 6.07) is 3.22. The molecule has 2 aliphatic carbocycles. The number of piperidine rings is 1. The summed E-state index contributed by atoms with van der Waals surface area (Å²) in [5.41, 5.74) is -0.321. The second kappa shape index (κ2) is 9.59. The summed E-state index contributed by atoms with van der Waals surface area (Å²) in [4.78, 5) is 49.9. The van der Waals surface area contributed by atoms with Gasteiger partial charge in [0, 0.05) is 17.5 Å². The van der Waals surface area contributed by atoms with Gasteiger partial charge < -0.3 is 39.7 Å². The second-order valence-corrected chi connectivity index (χ2v) is 10.4. The smallest absolute Gasteiger partial charge is 0.333 e. The minimum atomic E-state index is -1.96. The normalized spacial score (nSPS) is 29.8. The molecule has 2 bridgehead atoms. The fraction of sp³-hybridized carbons (Fsp3) is 0.538. The molecule has 6 atom stereocenters. The van der Waals surface area contributed by atoms with Gasteiger partial charge in [0.1, 0.15) is 17.1 Å². The summed E-state index contributed by atoms with van der Waals surface area (Å²) in [6.07, 6.45) is -4.10. The third-order valence-electron chi connectivity index (χ3n) is 8.41. The molecule has 1 fully saturated rings. The first-order valence-electron chi connectivity index (χ1n) is 12.5. The van der Waals surface area contributed by atoms with Crippen LogP contribution < -0.4 is 4.74 Å². The molecule has 4 aliphatic rings. The number of carbonyl (C=O) groups excluding carboxylic acids is 2. The molecule has 1 saturated heterocycles. The van der Waals surface area contributed by atoms with Crippen molar-refractivity contribution in [3.8, 4) is 5.75 Å². The maximum Gasteiger partial charge on any atom is 0.333 e. The number of carboxylic acids is 2. The van der Waals surface area contributed by atoms with Gasteiger partial charge >= 0.3 is 23.9 Å². The maximum atomic E-state index is 13.1. The number of ether oxygens (including phenoxy) is 3. The first-order valence-corrected chi connectivity index (χ1v) is 12.5. The van der Waals surface area contributed by atoms with Gasteiger partial charge in [-0.25, -0.2) is 9.59 Å². The van der Waals surface area contributed by atoms with Crippen LogP contribution in [-0.4, -0.2) is 97.9 Å². The zero-order valence-electron chi connectivity index (χ0n) is 21.0. The van der Waals surface area contributed by atoms with Gasteiger partial charge in [-0.05, 0) is 38.1 Å². The van der Waals surface area contributed by atoms with Crippen LogP contribution in [0.4, 0.5) is 0 Å². The molecule has 1 spiro atoms. The van der Waals surface area contributed by atoms with E-state index in [4.69, 9.17) is 24.4 Å². The minimum absolute atomic E-state index is 0.0447. The van der Waals surface area contributed by atoms with E-state index in [0.29, 0.717) is 36.3 Å². The van der Waals surface area contributed by atoms with Crippen LogP contribution in [0.25, 0.3) is 0 Å². The standard InChI is InChI=1S/C26H29NO12/c1-27-7-6-25-20-12-2-3-13(11-28)21(20)38-22(25)16(37-18(31)9-14(29)23(33)34)4-5-26(25,17(27)8-12)39-19(32)10-15(30)24(35)36/h2-4,14-15,17,22,28-30H,5-11H2,1H3,(H,33,34)(H,35,36)/t14-,15-,17+,22?,25?,26+/m0/s1. The van der Waals surface area contributed by atoms with Crippen LogP contribution in [0.2, 0.25) is 0 Å². The Morgan fingerprint density at radius 1 is 1.10 bits per heavy atom. The molecule has 0 aromatic heterocycles. The molecule has 0 saturated carbocycles. The van der Waals surface area contributed by atoms with Crippen molar-refractivity contribution in [2.45, 2.75) is 74.1 Å². The number of aliphatic hydroxyl groups is 3. The monoisotopic (exact) mass is 547 g/mol. The van der Waals surface area contributed by atoms with Crippen LogP contribution in [0.5, 0.6) is 5.75 Å². The summed E-state index contributed by atoms with van der Waals surface area (Å²) in [5.74, 6) is -4.62. The number of hydrogen-bond acceptors (Lipinski definition) is 11. The van der Waals surface area contributed by atoms with Gasteiger partial charge in [-0.1, -0.05) is 12.1 Å². The first kappa shape index (κ1) is 27.1. The predicted molar refractivity (Wildman–Crippen MR) is 127 cm³/mol. The van der Waals surface area contributed by atoms with Crippen molar-refractivity contribution >= 4 is 23.9 Å². The minimum Gasteiger partial charge on any atom is -0.481 e. The van der Waals surface area contributed by atoms with Gasteiger partial charge in [0.15, 0.2) is 18.3 Å². The third kappa shape index (κ3) is 3.99. The number of carboxylic acid groups (broad SMARTS) is 2. The first-order chi connectivity index (χ1) is 18.4. The number of nitrogens with zero attached hydrogens (tertiary/aromatic N) is 1. The largest absolute Gasteiger partial charge is 0.481 e. The average Bonchev–Trinajstić information content (AvgIpc) is 3.23. The lowest BCUT2D eigenvalue weighted by Gasteiger charge is -2.62. The third-order valence-corrected chi connectivity index (χ3v) is 8.41. The lowest BCUT2D eigenvalue weighted by Crippen LogP contribution is -2.75. The SMILES string of the molecule is CN1CCC23c4c5ccc(CO)c4OC2C(OC(=O)C[C@H](O)C(=O)O)=CC[C@@]3(OC(=O)C[C@H](O)C(=O)O)[C@H]1C5. The molecule has 0 amide bonds. The summed E-state index contributed by atoms with van der Waals surface area (Å²) >= 11 is 0. The lowest BCUT2D eigenvalue weighted by molar-refractivity contribution is -0.208. The molecule has 13 heteroatoms. The van der Waals surface area contributed by atoms with Crippen molar-refractivity contribution in [1.29, 1.82) is 0 Å². The van der Waals surface area contributed by atoms with Gasteiger partial charge in [-0.15, -0.1) is 0 Å². The van der Waals surface area contributed by atoms with E-state index in [2.05, 4.69) is 0 Å². The second-order valence-electron chi connectivity index (χ2n) is 10.4. The van der Waals surface area contributed by atoms with Crippen molar-refractivity contribution in [3.05, 3.63) is 40.7 Å². The summed E-state index contributed by atoms with van der Waals surface area (Å²) in [6.45, 7) is 0.193. The molecular formula is C26H29NO12. The quantitative estimate of drug-likeness (QED) is 0.241. The fourth-order valence-electron chi connectivity index (χ4n) is 6.71. The number of aliphatic hydroxyl groups excluding tert-OH is 3. The van der Waals surface area contributed by atoms with E-state index >= 15 is 0 Å². The van der Waals surface area contributed by atoms with Crippen LogP contribution in [0.15, 0.2) is 24.0 Å². The van der Waals surface area contributed by atoms with Crippen molar-refractivity contribution in [2.75, 3.05) is 13.6 Å². The van der Waals surface area contributed by atoms with Crippen molar-refractivity contribution in [3.63, 3.8) is 0 Å². The van der Waals surface area contributed by atoms with E-state index < -0.39 is 66.0 Å². The van der Waals surface area contributed by atoms with Gasteiger partial charge in [0.05, 0.1) is 30.9 Å². The fourth-order valence-corrected chi connectivity index (χ4v) is 6.71. The Morgan fingerprint density at radius 3 is 2.41 bits per heavy atom. The average molecular weight is 548 g/mol. The zero-order chi connectivity index (χ0) is 28.3. The van der Waals surface area contributed by atoms with Crippen LogP contribution >= 0.6 is 0 Å². The molecule has 1 aromatic rings. The number of benzene rings is 1. The Labute approximate surface area is 222 Å². The number of esters is 2. The number of hydrogen-bond donors (Lipinski definition) is 5. The molecule has 13 nitrogen and oxygen atoms in total. The van der Waals surface area contributed by atoms with Gasteiger partial charge in [0.2, 0.25) is 0 Å². The maximum absolute atomic E-state index is 13.1. The van der Waals surface area contributed by atoms with Crippen LogP contribution in [0.1, 0.15) is 42.4 Å². The summed E-state index contributed by atoms with van der Waals surface area (Å²) in [7, 11) is 1.88. The molecule has 2 heterocycles. The van der Waals surface area contributed by atoms with Crippen molar-refractivity contribution < 1.29 is 58.9 Å². The van der Waals surface area contributed by atoms with E-state index in [9.17, 15) is 34.5 Å². The molecule has 0 radical (unpaired) electrons. The Morgan fingerprint density at radius 2 is 1.77 bits per heavy atom. The highest BCUT2D eigenvalue weighted by Crippen LogP contribution is 2.65. The van der Waals surface area contributed by atoms with Crippen LogP contribution in [-0.2, 0) is 47.1 Å². The Kier molecular flexibility index (Phi) is 6.66. The molecule has 2 aliphatic heterocycles. The van der Waals surface area contributed by atoms with Crippen molar-refractivity contribution in [1.82, 2.24) is 4.90 Å². The van der Waals surface area contributed by atoms with Crippen LogP contribution in [0.3, 0.4) is 0 Å². The number of likely N-dealkylation sites (tertiary alicyclic amines) is 1. The van der Waals surface area contributed by atoms with Gasteiger partial charge in [-0.2, -0.15) is 0 Å². The molecule has 5 N–H and O–H groups in total. The van der Waals surface area contributed by atoms with E-state index in [-0.39, 0.29) is 24.8 Å². The van der Waals surface area contributed by atoms with E-state index in [1.807, 2.05) is 18.0 Å². The predicted octanol–water partition coefficient (Wildman–Crippen LogP) is -0.778. The summed E-state index contributed by atoms with van der Waals surface area (Å²) in [5, 5.41) is 47.6. The number of aliphatic carboxylic acids is 2. The molecule has 39 heavy (non-hydrogen) atoms. The Balaban J connectivity index is 1.62. The Hall–Kier alpha value is -3.52. The molecule has 5 rings (SSSR count). The lowest BCUT2D eigenvalue weighted by atomic mass is 9.50. The van der Waals surface area contributed by atoms with E-state index in [1.54, 1.807) is 6.07 Å². The molecular weight excluding hydrogens is 518 g/mol. The summed E-state index contributed by atoms with van der Waals surface area (Å²) < 4.78 is 18.1. The van der Waals surface area contributed by atoms with E-state index in [0.717, 1.165) is 5.56 Å². The number of likely N-dealkylation sites (N-methyl/N-ethyl adjacent to an activating group) is 1. The van der Waals surface area contributed by atoms with Crippen LogP contribution in [0, 0.1) is 0 Å². The Bertz CT molecular complexity index is 1280. The van der Waals surface area contributed by atoms with Gasteiger partial charge in [-0.3, -0.25) is 14.5 Å². The number of rotatable bonds is 9. The highest BCUT2D eigenvalue weighted by molar-refractivity contribution is 5.82. The van der Waals surface area contributed by atoms with Crippen molar-refractivity contribution in [2.24, 2.45) is 0 Å². The molecule has 1 aromatic carbocycles. The topological polar surface area (TPSA) is 200 Å². The molecule has 2 unspecified atom stereocenters. The van der Waals surface area contributed by atoms with E-state index in [1.165, 1.54) is 6.08 Å². The molecule has 210 valence electrons. The van der Waals surface area contributed by atoms with Gasteiger partial charge in [0.25, 0.3) is 0 Å². The number of carbonyl (C=O) groups is 4. The zero-order valence-corrected chi connectivity index (χ0v) is 21.0. The highest BCUT2D eigenvalue weighted by atomic mass is 16.6.